The number of alkyl halides is 1. The highest BCUT2D eigenvalue weighted by Gasteiger charge is 1.91. The predicted molar refractivity (Wildman–Crippen MR) is 36.7 cm³/mol. The van der Waals surface area contributed by atoms with Gasteiger partial charge in [0.25, 0.3) is 0 Å². The summed E-state index contributed by atoms with van der Waals surface area (Å²) >= 11 is 0. The average Bonchev–Trinajstić information content (AvgIpc) is 1.66. The van der Waals surface area contributed by atoms with Crippen LogP contribution in [0, 0.1) is 0 Å². The molecule has 0 aromatic heterocycles. The Bertz CT molecular complexity index is 76.4. The van der Waals surface area contributed by atoms with E-state index in [2.05, 4.69) is 0 Å². The molecule has 0 fully saturated rings. The molecule has 0 aromatic rings. The Morgan fingerprint density at radius 3 is 2.62 bits per heavy atom. The molecule has 4 heteroatoms. The van der Waals surface area contributed by atoms with Crippen molar-refractivity contribution in [2.75, 3.05) is 11.8 Å². The smallest absolute Gasteiger partial charge is 0.145 e. The predicted octanol–water partition coefficient (Wildman–Crippen LogP) is 1.88. The fraction of sp³-hybridized carbons (Fsp3) is 0.750. The van der Waals surface area contributed by atoms with E-state index in [0.29, 0.717) is 5.75 Å². The molecular weight excluding hydrogens is 147 g/mol. The summed E-state index contributed by atoms with van der Waals surface area (Å²) in [5.74, 6) is 0.505. The van der Waals surface area contributed by atoms with E-state index in [-0.39, 0.29) is 5.78 Å². The van der Waals surface area contributed by atoms with Crippen molar-refractivity contribution >= 4 is 27.4 Å². The van der Waals surface area contributed by atoms with Crippen LogP contribution in [0.25, 0.3) is 0 Å². The van der Waals surface area contributed by atoms with Crippen LogP contribution < -0.4 is 0 Å². The summed E-state index contributed by atoms with van der Waals surface area (Å²) in [5, 5.41) is 0. The minimum absolute atomic E-state index is 0.0935. The van der Waals surface area contributed by atoms with Crippen LogP contribution in [-0.2, 0) is 4.79 Å². The zero-order valence-electron chi connectivity index (χ0n) is 4.52. The quantitative estimate of drug-likeness (QED) is 0.454. The van der Waals surface area contributed by atoms with Gasteiger partial charge in [0.05, 0.1) is 5.75 Å². The summed E-state index contributed by atoms with van der Waals surface area (Å²) in [7, 11) is 2.32. The van der Waals surface area contributed by atoms with Gasteiger partial charge in [-0.25, -0.2) is 4.39 Å². The van der Waals surface area contributed by atoms with Gasteiger partial charge in [-0.05, 0) is 6.92 Å². The van der Waals surface area contributed by atoms with Crippen LogP contribution in [0.4, 0.5) is 4.39 Å². The van der Waals surface area contributed by atoms with E-state index in [9.17, 15) is 9.18 Å². The van der Waals surface area contributed by atoms with Crippen LogP contribution in [0.2, 0.25) is 0 Å². The number of Topliss-reactive ketones (excluding diaryl/α,β-unsaturated/α-hetero) is 1. The van der Waals surface area contributed by atoms with Crippen molar-refractivity contribution in [2.24, 2.45) is 0 Å². The lowest BCUT2D eigenvalue weighted by Gasteiger charge is -1.88. The third-order valence-electron chi connectivity index (χ3n) is 0.390. The maximum absolute atomic E-state index is 11.3. The summed E-state index contributed by atoms with van der Waals surface area (Å²) < 4.78 is 11.3. The van der Waals surface area contributed by atoms with Crippen molar-refractivity contribution in [1.29, 1.82) is 0 Å². The number of hydrogen-bond acceptors (Lipinski definition) is 3. The Balaban J connectivity index is 2.82. The maximum Gasteiger partial charge on any atom is 0.145 e. The number of ketones is 1. The van der Waals surface area contributed by atoms with Crippen molar-refractivity contribution in [3.8, 4) is 0 Å². The van der Waals surface area contributed by atoms with E-state index < -0.39 is 6.01 Å². The van der Waals surface area contributed by atoms with Gasteiger partial charge < -0.3 is 0 Å². The van der Waals surface area contributed by atoms with Gasteiger partial charge in [-0.15, -0.1) is 0 Å². The van der Waals surface area contributed by atoms with Crippen LogP contribution in [0.15, 0.2) is 0 Å². The first-order chi connectivity index (χ1) is 3.77. The molecule has 0 atom stereocenters. The molecule has 0 aromatic carbocycles. The standard InChI is InChI=1S/C4H7FOS2/c1-4(6)2-7-8-3-5/h2-3H2,1H3. The minimum atomic E-state index is -0.419. The second-order valence-corrected chi connectivity index (χ2v) is 3.58. The first-order valence-corrected chi connectivity index (χ1v) is 4.56. The van der Waals surface area contributed by atoms with Crippen molar-refractivity contribution < 1.29 is 9.18 Å². The SMILES string of the molecule is CC(=O)CSSCF. The van der Waals surface area contributed by atoms with Crippen LogP contribution in [0.1, 0.15) is 6.92 Å². The molecule has 8 heavy (non-hydrogen) atoms. The molecule has 0 aliphatic heterocycles. The van der Waals surface area contributed by atoms with Gasteiger partial charge in [-0.1, -0.05) is 21.6 Å². The topological polar surface area (TPSA) is 17.1 Å². The summed E-state index contributed by atoms with van der Waals surface area (Å²) in [6.07, 6.45) is 0. The molecule has 0 saturated heterocycles. The Hall–Kier alpha value is 0.300. The second-order valence-electron chi connectivity index (χ2n) is 1.19. The van der Waals surface area contributed by atoms with Crippen LogP contribution in [0.5, 0.6) is 0 Å². The monoisotopic (exact) mass is 154 g/mol. The van der Waals surface area contributed by atoms with Crippen molar-refractivity contribution in [2.45, 2.75) is 6.92 Å². The molecule has 0 aliphatic carbocycles. The fourth-order valence-electron chi connectivity index (χ4n) is 0.156. The molecule has 0 amide bonds. The van der Waals surface area contributed by atoms with Gasteiger partial charge >= 0.3 is 0 Å². The summed E-state index contributed by atoms with van der Waals surface area (Å²) in [4.78, 5) is 10.2. The highest BCUT2D eigenvalue weighted by atomic mass is 33.1. The lowest BCUT2D eigenvalue weighted by Crippen LogP contribution is -1.90. The molecule has 0 radical (unpaired) electrons. The summed E-state index contributed by atoms with van der Waals surface area (Å²) in [6.45, 7) is 1.49. The van der Waals surface area contributed by atoms with Gasteiger partial charge in [-0.2, -0.15) is 0 Å². The van der Waals surface area contributed by atoms with Gasteiger partial charge in [0.15, 0.2) is 0 Å². The van der Waals surface area contributed by atoms with E-state index in [1.54, 1.807) is 0 Å². The summed E-state index contributed by atoms with van der Waals surface area (Å²) in [6, 6.07) is -0.419. The first kappa shape index (κ1) is 8.30. The minimum Gasteiger partial charge on any atom is -0.299 e. The average molecular weight is 154 g/mol. The van der Waals surface area contributed by atoms with E-state index in [0.717, 1.165) is 10.8 Å². The number of carbonyl (C=O) groups excluding carboxylic acids is 1. The third kappa shape index (κ3) is 6.30. The second kappa shape index (κ2) is 5.44. The lowest BCUT2D eigenvalue weighted by atomic mass is 10.5. The molecule has 0 unspecified atom stereocenters. The van der Waals surface area contributed by atoms with Crippen molar-refractivity contribution in [3.05, 3.63) is 0 Å². The summed E-state index contributed by atoms with van der Waals surface area (Å²) in [5.41, 5.74) is 0. The highest BCUT2D eigenvalue weighted by molar-refractivity contribution is 8.76. The van der Waals surface area contributed by atoms with E-state index in [1.165, 1.54) is 17.7 Å². The van der Waals surface area contributed by atoms with E-state index >= 15 is 0 Å². The molecular formula is C4H7FOS2. The Labute approximate surface area is 55.8 Å². The number of carbonyl (C=O) groups is 1. The lowest BCUT2D eigenvalue weighted by molar-refractivity contribution is -0.114. The molecule has 48 valence electrons. The molecule has 0 saturated carbocycles. The number of halogens is 1. The molecule has 0 aliphatic rings. The van der Waals surface area contributed by atoms with Crippen LogP contribution in [0.3, 0.4) is 0 Å². The van der Waals surface area contributed by atoms with Gasteiger partial charge in [0.1, 0.15) is 11.8 Å². The first-order valence-electron chi connectivity index (χ1n) is 2.07. The molecule has 0 bridgehead atoms. The van der Waals surface area contributed by atoms with Gasteiger partial charge in [-0.3, -0.25) is 4.79 Å². The Morgan fingerprint density at radius 1 is 1.62 bits per heavy atom. The fourth-order valence-corrected chi connectivity index (χ4v) is 1.41. The highest BCUT2D eigenvalue weighted by Crippen LogP contribution is 2.20. The molecule has 0 spiro atoms. The van der Waals surface area contributed by atoms with Gasteiger partial charge in [0, 0.05) is 0 Å². The number of rotatable bonds is 4. The maximum atomic E-state index is 11.3. The molecule has 0 N–H and O–H groups in total. The van der Waals surface area contributed by atoms with E-state index in [1.807, 2.05) is 0 Å². The van der Waals surface area contributed by atoms with Crippen molar-refractivity contribution in [3.63, 3.8) is 0 Å². The molecule has 0 heterocycles. The molecule has 1 nitrogen and oxygen atoms in total. The Morgan fingerprint density at radius 2 is 2.25 bits per heavy atom. The zero-order valence-corrected chi connectivity index (χ0v) is 6.15. The van der Waals surface area contributed by atoms with Gasteiger partial charge in [0.2, 0.25) is 0 Å². The Kier molecular flexibility index (Phi) is 5.64. The normalized spacial score (nSPS) is 9.25. The van der Waals surface area contributed by atoms with E-state index in [4.69, 9.17) is 0 Å². The van der Waals surface area contributed by atoms with Crippen molar-refractivity contribution in [1.82, 2.24) is 0 Å². The van der Waals surface area contributed by atoms with Crippen LogP contribution >= 0.6 is 21.6 Å². The molecule has 0 rings (SSSR count). The third-order valence-corrected chi connectivity index (χ3v) is 2.29. The zero-order chi connectivity index (χ0) is 6.41. The number of hydrogen-bond donors (Lipinski definition) is 0. The van der Waals surface area contributed by atoms with Crippen LogP contribution in [-0.4, -0.2) is 17.5 Å². The largest absolute Gasteiger partial charge is 0.299 e.